The number of benzene rings is 2. The first kappa shape index (κ1) is 22.4. The summed E-state index contributed by atoms with van der Waals surface area (Å²) in [5.74, 6) is 3.23. The summed E-state index contributed by atoms with van der Waals surface area (Å²) < 4.78 is 21.6. The first-order valence-corrected chi connectivity index (χ1v) is 9.73. The average molecular weight is 474 g/mol. The molecule has 0 atom stereocenters. The van der Waals surface area contributed by atoms with Gasteiger partial charge in [0.25, 0.3) is 0 Å². The van der Waals surface area contributed by atoms with Crippen molar-refractivity contribution in [1.29, 1.82) is 0 Å². The molecular formula is C20H27IO5. The lowest BCUT2D eigenvalue weighted by molar-refractivity contribution is 0.299. The van der Waals surface area contributed by atoms with E-state index in [1.165, 1.54) is 5.56 Å². The van der Waals surface area contributed by atoms with Crippen molar-refractivity contribution in [3.63, 3.8) is 0 Å². The third-order valence-electron chi connectivity index (χ3n) is 3.61. The highest BCUT2D eigenvalue weighted by Crippen LogP contribution is 2.23. The maximum absolute atomic E-state index is 8.77. The highest BCUT2D eigenvalue weighted by molar-refractivity contribution is 14.1. The van der Waals surface area contributed by atoms with Crippen molar-refractivity contribution in [1.82, 2.24) is 0 Å². The highest BCUT2D eigenvalue weighted by Gasteiger charge is 2.01. The summed E-state index contributed by atoms with van der Waals surface area (Å²) in [6.07, 6.45) is 1.67. The van der Waals surface area contributed by atoms with Crippen LogP contribution in [0.2, 0.25) is 0 Å². The number of halogens is 1. The van der Waals surface area contributed by atoms with E-state index in [1.54, 1.807) is 34.5 Å². The number of hydrogen-bond donors (Lipinski definition) is 1. The molecule has 6 heteroatoms. The lowest BCUT2D eigenvalue weighted by atomic mass is 10.1. The van der Waals surface area contributed by atoms with Gasteiger partial charge >= 0.3 is 0 Å². The molecule has 0 heterocycles. The fourth-order valence-electron chi connectivity index (χ4n) is 2.26. The summed E-state index contributed by atoms with van der Waals surface area (Å²) in [4.78, 5) is 0. The van der Waals surface area contributed by atoms with Gasteiger partial charge in [0.15, 0.2) is 0 Å². The van der Waals surface area contributed by atoms with Crippen molar-refractivity contribution < 1.29 is 24.1 Å². The normalized spacial score (nSPS) is 9.77. The Kier molecular flexibility index (Phi) is 10.9. The fraction of sp³-hybridized carbons (Fsp3) is 0.400. The van der Waals surface area contributed by atoms with Crippen LogP contribution in [0.3, 0.4) is 0 Å². The van der Waals surface area contributed by atoms with Crippen LogP contribution in [0.5, 0.6) is 23.0 Å². The van der Waals surface area contributed by atoms with Crippen molar-refractivity contribution in [2.45, 2.75) is 12.8 Å². The van der Waals surface area contributed by atoms with Gasteiger partial charge in [-0.2, -0.15) is 0 Å². The molecule has 0 radical (unpaired) electrons. The molecule has 2 rings (SSSR count). The minimum Gasteiger partial charge on any atom is -0.497 e. The summed E-state index contributed by atoms with van der Waals surface area (Å²) in [6.45, 7) is 0.135. The van der Waals surface area contributed by atoms with Crippen molar-refractivity contribution in [3.8, 4) is 23.0 Å². The third kappa shape index (κ3) is 7.70. The van der Waals surface area contributed by atoms with E-state index in [4.69, 9.17) is 24.1 Å². The Hall–Kier alpha value is -1.67. The molecule has 0 aliphatic heterocycles. The zero-order valence-corrected chi connectivity index (χ0v) is 17.9. The standard InChI is InChI=1S/C10H13IO2.C10H14O3/c2*1-12-9-5-8(3-4-11)6-10(7-9)13-2/h5-7H,3-4H2,1-2H3;5-7,11H,3-4H2,1-2H3. The number of aliphatic hydroxyl groups is 1. The zero-order valence-electron chi connectivity index (χ0n) is 15.8. The molecule has 2 aromatic carbocycles. The second kappa shape index (κ2) is 12.6. The Morgan fingerprint density at radius 1 is 0.654 bits per heavy atom. The molecule has 0 aliphatic carbocycles. The molecule has 0 bridgehead atoms. The van der Waals surface area contributed by atoms with Crippen LogP contribution in [-0.2, 0) is 12.8 Å². The molecular weight excluding hydrogens is 447 g/mol. The molecule has 0 aliphatic rings. The fourth-order valence-corrected chi connectivity index (χ4v) is 2.88. The Bertz CT molecular complexity index is 559. The number of alkyl halides is 1. The van der Waals surface area contributed by atoms with Crippen LogP contribution >= 0.6 is 22.6 Å². The molecule has 5 nitrogen and oxygen atoms in total. The molecule has 0 spiro atoms. The lowest BCUT2D eigenvalue weighted by Crippen LogP contribution is -1.94. The van der Waals surface area contributed by atoms with Gasteiger partial charge in [-0.05, 0) is 48.2 Å². The second-order valence-electron chi connectivity index (χ2n) is 5.35. The van der Waals surface area contributed by atoms with E-state index in [0.29, 0.717) is 6.42 Å². The van der Waals surface area contributed by atoms with Crippen LogP contribution in [0.4, 0.5) is 0 Å². The first-order valence-electron chi connectivity index (χ1n) is 8.20. The molecule has 0 aromatic heterocycles. The number of ether oxygens (including phenoxy) is 4. The summed E-state index contributed by atoms with van der Waals surface area (Å²) >= 11 is 2.36. The Labute approximate surface area is 169 Å². The third-order valence-corrected chi connectivity index (χ3v) is 4.15. The second-order valence-corrected chi connectivity index (χ2v) is 6.43. The number of aryl methyl sites for hydroxylation is 1. The van der Waals surface area contributed by atoms with Crippen LogP contribution in [0.25, 0.3) is 0 Å². The van der Waals surface area contributed by atoms with Gasteiger partial charge < -0.3 is 24.1 Å². The van der Waals surface area contributed by atoms with Crippen LogP contribution in [0, 0.1) is 0 Å². The van der Waals surface area contributed by atoms with Gasteiger partial charge in [0, 0.05) is 23.2 Å². The maximum atomic E-state index is 8.77. The van der Waals surface area contributed by atoms with Crippen LogP contribution in [0.15, 0.2) is 36.4 Å². The van der Waals surface area contributed by atoms with Gasteiger partial charge in [0.1, 0.15) is 23.0 Å². The van der Waals surface area contributed by atoms with Crippen molar-refractivity contribution in [3.05, 3.63) is 47.5 Å². The summed E-state index contributed by atoms with van der Waals surface area (Å²) in [5.41, 5.74) is 2.27. The van der Waals surface area contributed by atoms with E-state index in [2.05, 4.69) is 22.6 Å². The highest BCUT2D eigenvalue weighted by atomic mass is 127. The predicted molar refractivity (Wildman–Crippen MR) is 112 cm³/mol. The Morgan fingerprint density at radius 2 is 1.00 bits per heavy atom. The maximum Gasteiger partial charge on any atom is 0.122 e. The number of methoxy groups -OCH3 is 4. The van der Waals surface area contributed by atoms with Gasteiger partial charge in [-0.3, -0.25) is 0 Å². The molecule has 0 fully saturated rings. The monoisotopic (exact) mass is 474 g/mol. The minimum atomic E-state index is 0.135. The largest absolute Gasteiger partial charge is 0.497 e. The van der Waals surface area contributed by atoms with Crippen molar-refractivity contribution >= 4 is 22.6 Å². The minimum absolute atomic E-state index is 0.135. The van der Waals surface area contributed by atoms with Crippen LogP contribution in [-0.4, -0.2) is 44.6 Å². The molecule has 0 saturated carbocycles. The predicted octanol–water partition coefficient (Wildman–Crippen LogP) is 3.92. The van der Waals surface area contributed by atoms with E-state index < -0.39 is 0 Å². The number of aliphatic hydroxyl groups excluding tert-OH is 1. The van der Waals surface area contributed by atoms with Gasteiger partial charge in [-0.25, -0.2) is 0 Å². The van der Waals surface area contributed by atoms with Crippen LogP contribution in [0.1, 0.15) is 11.1 Å². The molecule has 26 heavy (non-hydrogen) atoms. The molecule has 0 amide bonds. The molecule has 0 unspecified atom stereocenters. The molecule has 0 saturated heterocycles. The van der Waals surface area contributed by atoms with E-state index in [9.17, 15) is 0 Å². The van der Waals surface area contributed by atoms with Gasteiger partial charge in [-0.15, -0.1) is 0 Å². The molecule has 1 N–H and O–H groups in total. The van der Waals surface area contributed by atoms with Crippen molar-refractivity contribution in [2.75, 3.05) is 39.5 Å². The Balaban J connectivity index is 0.000000260. The van der Waals surface area contributed by atoms with Gasteiger partial charge in [0.2, 0.25) is 0 Å². The molecule has 2 aromatic rings. The summed E-state index contributed by atoms with van der Waals surface area (Å²) in [5, 5.41) is 8.77. The summed E-state index contributed by atoms with van der Waals surface area (Å²) in [7, 11) is 6.56. The topological polar surface area (TPSA) is 57.2 Å². The number of rotatable bonds is 8. The van der Waals surface area contributed by atoms with Crippen molar-refractivity contribution in [2.24, 2.45) is 0 Å². The Morgan fingerprint density at radius 3 is 1.27 bits per heavy atom. The zero-order chi connectivity index (χ0) is 19.4. The number of hydrogen-bond acceptors (Lipinski definition) is 5. The molecule has 144 valence electrons. The van der Waals surface area contributed by atoms with E-state index in [-0.39, 0.29) is 6.61 Å². The van der Waals surface area contributed by atoms with E-state index >= 15 is 0 Å². The van der Waals surface area contributed by atoms with Crippen LogP contribution < -0.4 is 18.9 Å². The van der Waals surface area contributed by atoms with Gasteiger partial charge in [-0.1, -0.05) is 22.6 Å². The summed E-state index contributed by atoms with van der Waals surface area (Å²) in [6, 6.07) is 11.6. The smallest absolute Gasteiger partial charge is 0.122 e. The van der Waals surface area contributed by atoms with E-state index in [0.717, 1.165) is 39.4 Å². The lowest BCUT2D eigenvalue weighted by Gasteiger charge is -2.07. The van der Waals surface area contributed by atoms with E-state index in [1.807, 2.05) is 30.3 Å². The SMILES string of the molecule is COc1cc(CCI)cc(OC)c1.COc1cc(CCO)cc(OC)c1. The first-order chi connectivity index (χ1) is 12.6. The average Bonchev–Trinajstić information content (AvgIpc) is 2.68. The van der Waals surface area contributed by atoms with Gasteiger partial charge in [0.05, 0.1) is 28.4 Å². The quantitative estimate of drug-likeness (QED) is 0.465.